The number of nitrogens with zero attached hydrogens (tertiary/aromatic N) is 1. The second-order valence-electron chi connectivity index (χ2n) is 7.32. The first-order valence-electron chi connectivity index (χ1n) is 9.87. The Balaban J connectivity index is 1.94. The van der Waals surface area contributed by atoms with Crippen molar-refractivity contribution in [3.05, 3.63) is 76.9 Å². The Morgan fingerprint density at radius 3 is 2.68 bits per heavy atom. The Kier molecular flexibility index (Phi) is 6.11. The zero-order chi connectivity index (χ0) is 20.1. The van der Waals surface area contributed by atoms with Crippen molar-refractivity contribution < 1.29 is 4.79 Å². The summed E-state index contributed by atoms with van der Waals surface area (Å²) in [7, 11) is 0. The fourth-order valence-corrected chi connectivity index (χ4v) is 3.70. The van der Waals surface area contributed by atoms with Crippen LogP contribution < -0.4 is 5.32 Å². The Morgan fingerprint density at radius 1 is 1.14 bits per heavy atom. The van der Waals surface area contributed by atoms with Gasteiger partial charge in [-0.05, 0) is 66.3 Å². The van der Waals surface area contributed by atoms with E-state index in [9.17, 15) is 10.1 Å². The number of unbranched alkanes of at least 4 members (excludes halogenated alkanes) is 1. The molecule has 1 unspecified atom stereocenters. The molecule has 28 heavy (non-hydrogen) atoms. The smallest absolute Gasteiger partial charge is 0.231 e. The molecule has 3 aromatic rings. The van der Waals surface area contributed by atoms with Gasteiger partial charge in [0.1, 0.15) is 0 Å². The van der Waals surface area contributed by atoms with Crippen molar-refractivity contribution in [2.24, 2.45) is 0 Å². The van der Waals surface area contributed by atoms with Gasteiger partial charge >= 0.3 is 0 Å². The Morgan fingerprint density at radius 2 is 1.93 bits per heavy atom. The molecule has 3 rings (SSSR count). The van der Waals surface area contributed by atoms with Crippen LogP contribution in [0.2, 0.25) is 0 Å². The molecule has 3 heteroatoms. The fraction of sp³-hybridized carbons (Fsp3) is 0.280. The normalized spacial score (nSPS) is 11.8. The van der Waals surface area contributed by atoms with Crippen LogP contribution in [0.25, 0.3) is 10.8 Å². The van der Waals surface area contributed by atoms with E-state index < -0.39 is 0 Å². The number of hydrogen-bond donors (Lipinski definition) is 1. The molecule has 0 aliphatic heterocycles. The number of rotatable bonds is 6. The van der Waals surface area contributed by atoms with Gasteiger partial charge in [-0.2, -0.15) is 5.26 Å². The van der Waals surface area contributed by atoms with Crippen LogP contribution in [0.5, 0.6) is 0 Å². The molecule has 0 spiro atoms. The first kappa shape index (κ1) is 19.6. The van der Waals surface area contributed by atoms with Crippen LogP contribution >= 0.6 is 0 Å². The van der Waals surface area contributed by atoms with E-state index in [-0.39, 0.29) is 11.8 Å². The predicted octanol–water partition coefficient (Wildman–Crippen LogP) is 6.10. The summed E-state index contributed by atoms with van der Waals surface area (Å²) in [6, 6.07) is 20.1. The van der Waals surface area contributed by atoms with Crippen LogP contribution in [0.1, 0.15) is 54.9 Å². The lowest BCUT2D eigenvalue weighted by atomic mass is 9.90. The maximum Gasteiger partial charge on any atom is 0.231 e. The van der Waals surface area contributed by atoms with E-state index in [0.29, 0.717) is 5.56 Å². The van der Waals surface area contributed by atoms with Crippen LogP contribution in [0.15, 0.2) is 54.6 Å². The van der Waals surface area contributed by atoms with Gasteiger partial charge in [0, 0.05) is 5.69 Å². The largest absolute Gasteiger partial charge is 0.325 e. The van der Waals surface area contributed by atoms with Crippen molar-refractivity contribution in [3.8, 4) is 6.07 Å². The number of fused-ring (bicyclic) bond motifs is 1. The molecule has 0 radical (unpaired) electrons. The monoisotopic (exact) mass is 370 g/mol. The van der Waals surface area contributed by atoms with Gasteiger partial charge in [-0.15, -0.1) is 0 Å². The minimum atomic E-state index is -0.295. The number of aryl methyl sites for hydroxylation is 2. The number of nitriles is 1. The van der Waals surface area contributed by atoms with E-state index in [1.807, 2.05) is 31.2 Å². The maximum atomic E-state index is 13.1. The number of amides is 1. The molecular formula is C25H26N2O. The van der Waals surface area contributed by atoms with Crippen molar-refractivity contribution in [1.29, 1.82) is 5.26 Å². The van der Waals surface area contributed by atoms with Crippen molar-refractivity contribution in [2.75, 3.05) is 5.32 Å². The topological polar surface area (TPSA) is 52.9 Å². The van der Waals surface area contributed by atoms with Gasteiger partial charge < -0.3 is 5.32 Å². The molecule has 142 valence electrons. The van der Waals surface area contributed by atoms with Gasteiger partial charge in [0.25, 0.3) is 0 Å². The molecule has 1 N–H and O–H groups in total. The molecule has 0 saturated heterocycles. The summed E-state index contributed by atoms with van der Waals surface area (Å²) in [6.45, 7) is 6.14. The van der Waals surface area contributed by atoms with Gasteiger partial charge in [0.15, 0.2) is 0 Å². The van der Waals surface area contributed by atoms with Crippen molar-refractivity contribution >= 4 is 22.4 Å². The second kappa shape index (κ2) is 8.71. The highest BCUT2D eigenvalue weighted by molar-refractivity contribution is 6.00. The molecule has 0 aliphatic carbocycles. The highest BCUT2D eigenvalue weighted by atomic mass is 16.1. The molecule has 0 saturated carbocycles. The zero-order valence-electron chi connectivity index (χ0n) is 16.8. The first-order valence-corrected chi connectivity index (χ1v) is 9.87. The Hall–Kier alpha value is -3.12. The molecule has 1 amide bonds. The van der Waals surface area contributed by atoms with E-state index in [0.717, 1.165) is 52.4 Å². The first-order chi connectivity index (χ1) is 13.5. The van der Waals surface area contributed by atoms with E-state index in [1.54, 1.807) is 6.07 Å². The standard InChI is InChI=1S/C25H26N2O/c1-4-5-8-21-14-12-19(16-26)15-23(21)27-25(28)18(3)24-17(2)11-13-20-9-6-7-10-22(20)24/h6-7,9-15,18H,4-5,8H2,1-3H3,(H,27,28). The summed E-state index contributed by atoms with van der Waals surface area (Å²) < 4.78 is 0. The molecule has 0 aliphatic rings. The molecule has 3 aromatic carbocycles. The summed E-state index contributed by atoms with van der Waals surface area (Å²) in [5.41, 5.74) is 4.56. The average Bonchev–Trinajstić information content (AvgIpc) is 2.72. The zero-order valence-corrected chi connectivity index (χ0v) is 16.8. The van der Waals surface area contributed by atoms with E-state index in [2.05, 4.69) is 49.5 Å². The fourth-order valence-electron chi connectivity index (χ4n) is 3.70. The molecule has 3 nitrogen and oxygen atoms in total. The SMILES string of the molecule is CCCCc1ccc(C#N)cc1NC(=O)C(C)c1c(C)ccc2ccccc12. The van der Waals surface area contributed by atoms with Gasteiger partial charge in [-0.25, -0.2) is 0 Å². The number of anilines is 1. The third kappa shape index (κ3) is 4.07. The van der Waals surface area contributed by atoms with Crippen LogP contribution in [0.3, 0.4) is 0 Å². The van der Waals surface area contributed by atoms with Crippen LogP contribution in [-0.4, -0.2) is 5.91 Å². The number of carbonyl (C=O) groups excluding carboxylic acids is 1. The number of carbonyl (C=O) groups is 1. The van der Waals surface area contributed by atoms with Gasteiger partial charge in [-0.3, -0.25) is 4.79 Å². The quantitative estimate of drug-likeness (QED) is 0.569. The summed E-state index contributed by atoms with van der Waals surface area (Å²) in [6.07, 6.45) is 3.02. The Labute approximate surface area is 167 Å². The van der Waals surface area contributed by atoms with Gasteiger partial charge in [0.05, 0.1) is 17.6 Å². The summed E-state index contributed by atoms with van der Waals surface area (Å²) in [4.78, 5) is 13.1. The molecule has 0 fully saturated rings. The average molecular weight is 370 g/mol. The highest BCUT2D eigenvalue weighted by Gasteiger charge is 2.20. The lowest BCUT2D eigenvalue weighted by Gasteiger charge is -2.19. The second-order valence-corrected chi connectivity index (χ2v) is 7.32. The summed E-state index contributed by atoms with van der Waals surface area (Å²) >= 11 is 0. The minimum Gasteiger partial charge on any atom is -0.325 e. The van der Waals surface area contributed by atoms with Crippen LogP contribution in [-0.2, 0) is 11.2 Å². The van der Waals surface area contributed by atoms with Crippen LogP contribution in [0, 0.1) is 18.3 Å². The minimum absolute atomic E-state index is 0.0488. The van der Waals surface area contributed by atoms with Gasteiger partial charge in [0.2, 0.25) is 5.91 Å². The van der Waals surface area contributed by atoms with Gasteiger partial charge in [-0.1, -0.05) is 55.8 Å². The lowest BCUT2D eigenvalue weighted by Crippen LogP contribution is -2.20. The van der Waals surface area contributed by atoms with Crippen molar-refractivity contribution in [2.45, 2.75) is 46.0 Å². The van der Waals surface area contributed by atoms with Crippen LogP contribution in [0.4, 0.5) is 5.69 Å². The highest BCUT2D eigenvalue weighted by Crippen LogP contribution is 2.30. The van der Waals surface area contributed by atoms with E-state index >= 15 is 0 Å². The molecule has 0 aromatic heterocycles. The van der Waals surface area contributed by atoms with Crippen molar-refractivity contribution in [1.82, 2.24) is 0 Å². The Bertz CT molecular complexity index is 1050. The predicted molar refractivity (Wildman–Crippen MR) is 115 cm³/mol. The number of hydrogen-bond acceptors (Lipinski definition) is 2. The molecule has 1 atom stereocenters. The molecule has 0 bridgehead atoms. The molecular weight excluding hydrogens is 344 g/mol. The summed E-state index contributed by atoms with van der Waals surface area (Å²) in [5, 5.41) is 14.6. The lowest BCUT2D eigenvalue weighted by molar-refractivity contribution is -0.117. The third-order valence-corrected chi connectivity index (χ3v) is 5.31. The molecule has 0 heterocycles. The maximum absolute atomic E-state index is 13.1. The summed E-state index contributed by atoms with van der Waals surface area (Å²) in [5.74, 6) is -0.344. The van der Waals surface area contributed by atoms with E-state index in [1.165, 1.54) is 0 Å². The van der Waals surface area contributed by atoms with E-state index in [4.69, 9.17) is 0 Å². The number of nitrogens with one attached hydrogen (secondary N) is 1. The van der Waals surface area contributed by atoms with Crippen molar-refractivity contribution in [3.63, 3.8) is 0 Å². The number of benzene rings is 3. The third-order valence-electron chi connectivity index (χ3n) is 5.31.